The van der Waals surface area contributed by atoms with Crippen molar-refractivity contribution in [1.82, 2.24) is 4.90 Å². The van der Waals surface area contributed by atoms with Crippen LogP contribution in [0.5, 0.6) is 0 Å². The Labute approximate surface area is 129 Å². The van der Waals surface area contributed by atoms with Crippen LogP contribution in [0.1, 0.15) is 27.1 Å². The molecule has 1 fully saturated rings. The molecule has 0 radical (unpaired) electrons. The molecule has 1 aromatic carbocycles. The third kappa shape index (κ3) is 2.85. The van der Waals surface area contributed by atoms with E-state index in [-0.39, 0.29) is 10.9 Å². The zero-order valence-electron chi connectivity index (χ0n) is 11.3. The van der Waals surface area contributed by atoms with Gasteiger partial charge in [-0.15, -0.1) is 11.8 Å². The van der Waals surface area contributed by atoms with Gasteiger partial charge in [0, 0.05) is 17.9 Å². The summed E-state index contributed by atoms with van der Waals surface area (Å²) in [6.45, 7) is 0.477. The van der Waals surface area contributed by atoms with Crippen molar-refractivity contribution in [3.8, 4) is 0 Å². The maximum atomic E-state index is 12.8. The summed E-state index contributed by atoms with van der Waals surface area (Å²) in [4.78, 5) is 14.1. The summed E-state index contributed by atoms with van der Waals surface area (Å²) in [5, 5.41) is -0.294. The minimum atomic E-state index is -4.46. The summed E-state index contributed by atoms with van der Waals surface area (Å²) in [6, 6.07) is 7.99. The van der Waals surface area contributed by atoms with Crippen molar-refractivity contribution in [2.75, 3.05) is 12.3 Å². The normalized spacial score (nSPS) is 18.7. The van der Waals surface area contributed by atoms with Gasteiger partial charge in [-0.05, 0) is 30.3 Å². The van der Waals surface area contributed by atoms with Crippen molar-refractivity contribution in [1.29, 1.82) is 0 Å². The molecular formula is C15H12F3NO2S. The van der Waals surface area contributed by atoms with Crippen LogP contribution in [0, 0.1) is 0 Å². The molecule has 0 N–H and O–H groups in total. The minimum absolute atomic E-state index is 0.0360. The van der Waals surface area contributed by atoms with Gasteiger partial charge < -0.3 is 9.32 Å². The highest BCUT2D eigenvalue weighted by molar-refractivity contribution is 7.99. The molecule has 2 heterocycles. The molecule has 3 nitrogen and oxygen atoms in total. The second kappa shape index (κ2) is 5.72. The van der Waals surface area contributed by atoms with Gasteiger partial charge >= 0.3 is 6.18 Å². The molecule has 3 rings (SSSR count). The number of benzene rings is 1. The molecule has 1 atom stereocenters. The standard InChI is InChI=1S/C15H12F3NO2S/c16-15(17,18)11-4-1-3-10(9-11)13(20)19-6-8-22-14(19)12-5-2-7-21-12/h1-5,7,9,14H,6,8H2/t14-/m1/s1. The average Bonchev–Trinajstić information content (AvgIpc) is 3.16. The lowest BCUT2D eigenvalue weighted by Gasteiger charge is -2.22. The monoisotopic (exact) mass is 327 g/mol. The Kier molecular flexibility index (Phi) is 3.90. The van der Waals surface area contributed by atoms with Gasteiger partial charge in [0.1, 0.15) is 11.1 Å². The van der Waals surface area contributed by atoms with Crippen molar-refractivity contribution in [3.63, 3.8) is 0 Å². The Morgan fingerprint density at radius 1 is 1.27 bits per heavy atom. The summed E-state index contributed by atoms with van der Waals surface area (Å²) >= 11 is 1.53. The van der Waals surface area contributed by atoms with Crippen LogP contribution in [0.2, 0.25) is 0 Å². The number of halogens is 3. The van der Waals surface area contributed by atoms with E-state index in [9.17, 15) is 18.0 Å². The quantitative estimate of drug-likeness (QED) is 0.829. The first-order valence-corrected chi connectivity index (χ1v) is 7.65. The van der Waals surface area contributed by atoms with Gasteiger partial charge in [0.05, 0.1) is 11.8 Å². The van der Waals surface area contributed by atoms with Crippen LogP contribution in [0.25, 0.3) is 0 Å². The Bertz CT molecular complexity index is 670. The highest BCUT2D eigenvalue weighted by atomic mass is 32.2. The average molecular weight is 327 g/mol. The lowest BCUT2D eigenvalue weighted by Crippen LogP contribution is -2.30. The molecule has 22 heavy (non-hydrogen) atoms. The Balaban J connectivity index is 1.87. The SMILES string of the molecule is O=C(c1cccc(C(F)(F)F)c1)N1CCS[C@@H]1c1ccco1. The van der Waals surface area contributed by atoms with Crippen molar-refractivity contribution in [3.05, 3.63) is 59.5 Å². The summed E-state index contributed by atoms with van der Waals surface area (Å²) in [6.07, 6.45) is -2.95. The smallest absolute Gasteiger partial charge is 0.416 e. The molecule has 0 saturated carbocycles. The van der Waals surface area contributed by atoms with Crippen LogP contribution >= 0.6 is 11.8 Å². The molecule has 1 amide bonds. The van der Waals surface area contributed by atoms with Crippen molar-refractivity contribution in [2.45, 2.75) is 11.6 Å². The number of hydrogen-bond donors (Lipinski definition) is 0. The lowest BCUT2D eigenvalue weighted by atomic mass is 10.1. The number of thioether (sulfide) groups is 1. The molecule has 116 valence electrons. The molecule has 1 aliphatic rings. The number of amides is 1. The third-order valence-electron chi connectivity index (χ3n) is 3.38. The van der Waals surface area contributed by atoms with Crippen LogP contribution in [0.15, 0.2) is 47.1 Å². The summed E-state index contributed by atoms with van der Waals surface area (Å²) in [5.41, 5.74) is -0.784. The van der Waals surface area contributed by atoms with Gasteiger partial charge in [-0.3, -0.25) is 4.79 Å². The third-order valence-corrected chi connectivity index (χ3v) is 4.60. The molecule has 7 heteroatoms. The highest BCUT2D eigenvalue weighted by Crippen LogP contribution is 2.39. The largest absolute Gasteiger partial charge is 0.466 e. The number of nitrogens with zero attached hydrogens (tertiary/aromatic N) is 1. The predicted molar refractivity (Wildman–Crippen MR) is 76.4 cm³/mol. The fourth-order valence-corrected chi connectivity index (χ4v) is 3.54. The molecule has 1 saturated heterocycles. The van der Waals surface area contributed by atoms with Crippen LogP contribution in [-0.2, 0) is 6.18 Å². The van der Waals surface area contributed by atoms with Gasteiger partial charge in [-0.2, -0.15) is 13.2 Å². The van der Waals surface area contributed by atoms with E-state index in [1.165, 1.54) is 30.2 Å². The van der Waals surface area contributed by atoms with Crippen LogP contribution in [-0.4, -0.2) is 23.1 Å². The van der Waals surface area contributed by atoms with E-state index in [0.717, 1.165) is 17.9 Å². The second-order valence-corrected chi connectivity index (χ2v) is 6.00. The van der Waals surface area contributed by atoms with Gasteiger partial charge in [-0.1, -0.05) is 6.07 Å². The number of carbonyl (C=O) groups is 1. The van der Waals surface area contributed by atoms with Gasteiger partial charge in [0.15, 0.2) is 0 Å². The number of rotatable bonds is 2. The maximum absolute atomic E-state index is 12.8. The summed E-state index contributed by atoms with van der Waals surface area (Å²) in [5.74, 6) is 0.927. The molecule has 2 aromatic rings. The fraction of sp³-hybridized carbons (Fsp3) is 0.267. The van der Waals surface area contributed by atoms with E-state index >= 15 is 0 Å². The van der Waals surface area contributed by atoms with Gasteiger partial charge in [-0.25, -0.2) is 0 Å². The topological polar surface area (TPSA) is 33.5 Å². The van der Waals surface area contributed by atoms with Crippen LogP contribution < -0.4 is 0 Å². The number of alkyl halides is 3. The van der Waals surface area contributed by atoms with E-state index in [2.05, 4.69) is 0 Å². The van der Waals surface area contributed by atoms with Crippen molar-refractivity contribution < 1.29 is 22.4 Å². The first-order chi connectivity index (χ1) is 10.5. The van der Waals surface area contributed by atoms with Gasteiger partial charge in [0.25, 0.3) is 5.91 Å². The van der Waals surface area contributed by atoms with Gasteiger partial charge in [0.2, 0.25) is 0 Å². The lowest BCUT2D eigenvalue weighted by molar-refractivity contribution is -0.137. The zero-order chi connectivity index (χ0) is 15.7. The molecular weight excluding hydrogens is 315 g/mol. The first kappa shape index (κ1) is 15.0. The second-order valence-electron chi connectivity index (χ2n) is 4.82. The summed E-state index contributed by atoms with van der Waals surface area (Å²) < 4.78 is 43.6. The number of carbonyl (C=O) groups excluding carboxylic acids is 1. The first-order valence-electron chi connectivity index (χ1n) is 6.60. The van der Waals surface area contributed by atoms with Crippen molar-refractivity contribution in [2.24, 2.45) is 0 Å². The fourth-order valence-electron chi connectivity index (χ4n) is 2.34. The predicted octanol–water partition coefficient (Wildman–Crippen LogP) is 4.19. The van der Waals surface area contributed by atoms with E-state index in [4.69, 9.17) is 4.42 Å². The van der Waals surface area contributed by atoms with Crippen LogP contribution in [0.3, 0.4) is 0 Å². The zero-order valence-corrected chi connectivity index (χ0v) is 12.2. The molecule has 1 aromatic heterocycles. The van der Waals surface area contributed by atoms with E-state index in [1.54, 1.807) is 17.0 Å². The molecule has 0 spiro atoms. The van der Waals surface area contributed by atoms with E-state index < -0.39 is 17.6 Å². The molecule has 1 aliphatic heterocycles. The number of furan rings is 1. The van der Waals surface area contributed by atoms with Crippen LogP contribution in [0.4, 0.5) is 13.2 Å². The highest BCUT2D eigenvalue weighted by Gasteiger charge is 2.35. The minimum Gasteiger partial charge on any atom is -0.466 e. The molecule has 0 bridgehead atoms. The maximum Gasteiger partial charge on any atom is 0.416 e. The van der Waals surface area contributed by atoms with Crippen molar-refractivity contribution >= 4 is 17.7 Å². The number of hydrogen-bond acceptors (Lipinski definition) is 3. The van der Waals surface area contributed by atoms with E-state index in [0.29, 0.717) is 12.3 Å². The Morgan fingerprint density at radius 3 is 2.77 bits per heavy atom. The molecule has 0 unspecified atom stereocenters. The Morgan fingerprint density at radius 2 is 2.09 bits per heavy atom. The van der Waals surface area contributed by atoms with E-state index in [1.807, 2.05) is 0 Å². The summed E-state index contributed by atoms with van der Waals surface area (Å²) in [7, 11) is 0. The molecule has 0 aliphatic carbocycles. The Hall–Kier alpha value is -1.89.